The molecule has 86 valence electrons. The summed E-state index contributed by atoms with van der Waals surface area (Å²) in [7, 11) is 1.68. The van der Waals surface area contributed by atoms with Gasteiger partial charge in [0.2, 0.25) is 0 Å². The van der Waals surface area contributed by atoms with Crippen molar-refractivity contribution in [2.75, 3.05) is 26.9 Å². The summed E-state index contributed by atoms with van der Waals surface area (Å²) in [5.74, 6) is 1.16. The number of ether oxygens (including phenoxy) is 2. The highest BCUT2D eigenvalue weighted by Crippen LogP contribution is 2.23. The molecule has 0 saturated carbocycles. The lowest BCUT2D eigenvalue weighted by molar-refractivity contribution is 0.0606. The van der Waals surface area contributed by atoms with Gasteiger partial charge in [-0.15, -0.1) is 11.6 Å². The first-order chi connectivity index (χ1) is 6.59. The highest BCUT2D eigenvalue weighted by Gasteiger charge is 2.18. The van der Waals surface area contributed by atoms with Crippen molar-refractivity contribution in [1.29, 1.82) is 0 Å². The molecule has 0 aromatic rings. The quantitative estimate of drug-likeness (QED) is 0.465. The lowest BCUT2D eigenvalue weighted by Crippen LogP contribution is -2.20. The van der Waals surface area contributed by atoms with E-state index in [2.05, 4.69) is 20.8 Å². The maximum absolute atomic E-state index is 6.10. The maximum atomic E-state index is 6.10. The van der Waals surface area contributed by atoms with Crippen molar-refractivity contribution in [1.82, 2.24) is 0 Å². The Morgan fingerprint density at radius 1 is 1.07 bits per heavy atom. The first-order valence-electron chi connectivity index (χ1n) is 5.30. The van der Waals surface area contributed by atoms with Crippen LogP contribution in [0.5, 0.6) is 0 Å². The Morgan fingerprint density at radius 2 is 1.71 bits per heavy atom. The molecule has 0 aliphatic heterocycles. The molecule has 0 aliphatic carbocycles. The predicted octanol–water partition coefficient (Wildman–Crippen LogP) is 2.94. The second-order valence-electron chi connectivity index (χ2n) is 3.98. The first-order valence-corrected chi connectivity index (χ1v) is 5.74. The molecule has 0 aliphatic rings. The summed E-state index contributed by atoms with van der Waals surface area (Å²) in [5, 5.41) is 0.223. The highest BCUT2D eigenvalue weighted by molar-refractivity contribution is 6.20. The van der Waals surface area contributed by atoms with Crippen LogP contribution in [0.15, 0.2) is 0 Å². The Balaban J connectivity index is 3.52. The van der Waals surface area contributed by atoms with Crippen LogP contribution in [0.3, 0.4) is 0 Å². The molecule has 2 unspecified atom stereocenters. The topological polar surface area (TPSA) is 18.5 Å². The van der Waals surface area contributed by atoms with Crippen LogP contribution in [0.4, 0.5) is 0 Å². The summed E-state index contributed by atoms with van der Waals surface area (Å²) < 4.78 is 10.3. The SMILES string of the molecule is COCCOCCC(C(C)C)C(C)Cl. The number of halogens is 1. The van der Waals surface area contributed by atoms with E-state index in [0.717, 1.165) is 13.0 Å². The van der Waals surface area contributed by atoms with E-state index in [1.54, 1.807) is 7.11 Å². The molecular formula is C11H23ClO2. The van der Waals surface area contributed by atoms with Gasteiger partial charge >= 0.3 is 0 Å². The van der Waals surface area contributed by atoms with Gasteiger partial charge in [0.1, 0.15) is 0 Å². The zero-order valence-electron chi connectivity index (χ0n) is 9.75. The van der Waals surface area contributed by atoms with Crippen molar-refractivity contribution in [2.24, 2.45) is 11.8 Å². The zero-order valence-corrected chi connectivity index (χ0v) is 10.5. The molecule has 0 fully saturated rings. The molecule has 0 spiro atoms. The maximum Gasteiger partial charge on any atom is 0.0700 e. The van der Waals surface area contributed by atoms with Gasteiger partial charge < -0.3 is 9.47 Å². The average molecular weight is 223 g/mol. The van der Waals surface area contributed by atoms with E-state index >= 15 is 0 Å². The first kappa shape index (κ1) is 14.2. The van der Waals surface area contributed by atoms with Crippen molar-refractivity contribution in [3.8, 4) is 0 Å². The third-order valence-electron chi connectivity index (χ3n) is 2.47. The second kappa shape index (κ2) is 8.51. The van der Waals surface area contributed by atoms with Gasteiger partial charge in [-0.3, -0.25) is 0 Å². The van der Waals surface area contributed by atoms with Gasteiger partial charge in [-0.1, -0.05) is 13.8 Å². The summed E-state index contributed by atoms with van der Waals surface area (Å²) in [5.41, 5.74) is 0. The Hall–Kier alpha value is 0.210. The van der Waals surface area contributed by atoms with Gasteiger partial charge in [-0.2, -0.15) is 0 Å². The molecule has 0 rings (SSSR count). The standard InChI is InChI=1S/C11H23ClO2/c1-9(2)11(10(3)12)5-6-14-8-7-13-4/h9-11H,5-8H2,1-4H3. The Labute approximate surface area is 92.9 Å². The Kier molecular flexibility index (Phi) is 8.64. The molecular weight excluding hydrogens is 200 g/mol. The van der Waals surface area contributed by atoms with Gasteiger partial charge in [-0.25, -0.2) is 0 Å². The molecule has 0 radical (unpaired) electrons. The molecule has 14 heavy (non-hydrogen) atoms. The molecule has 0 N–H and O–H groups in total. The van der Waals surface area contributed by atoms with Crippen LogP contribution < -0.4 is 0 Å². The molecule has 0 bridgehead atoms. The molecule has 0 aromatic carbocycles. The number of rotatable bonds is 8. The van der Waals surface area contributed by atoms with Gasteiger partial charge in [0.05, 0.1) is 13.2 Å². The van der Waals surface area contributed by atoms with Gasteiger partial charge in [0.15, 0.2) is 0 Å². The van der Waals surface area contributed by atoms with Crippen molar-refractivity contribution in [2.45, 2.75) is 32.6 Å². The van der Waals surface area contributed by atoms with E-state index in [-0.39, 0.29) is 5.38 Å². The summed E-state index contributed by atoms with van der Waals surface area (Å²) in [6.45, 7) is 8.60. The van der Waals surface area contributed by atoms with Crippen LogP contribution >= 0.6 is 11.6 Å². The van der Waals surface area contributed by atoms with E-state index in [4.69, 9.17) is 21.1 Å². The third kappa shape index (κ3) is 6.63. The third-order valence-corrected chi connectivity index (χ3v) is 2.80. The number of hydrogen-bond donors (Lipinski definition) is 0. The number of alkyl halides is 1. The summed E-state index contributed by atoms with van der Waals surface area (Å²) in [6, 6.07) is 0. The predicted molar refractivity (Wildman–Crippen MR) is 61.0 cm³/mol. The monoisotopic (exact) mass is 222 g/mol. The lowest BCUT2D eigenvalue weighted by atomic mass is 9.90. The van der Waals surface area contributed by atoms with E-state index in [1.807, 2.05) is 0 Å². The fourth-order valence-corrected chi connectivity index (χ4v) is 1.97. The van der Waals surface area contributed by atoms with Crippen LogP contribution in [-0.2, 0) is 9.47 Å². The minimum absolute atomic E-state index is 0.223. The molecule has 0 amide bonds. The molecule has 0 saturated heterocycles. The Bertz CT molecular complexity index is 118. The average Bonchev–Trinajstić information content (AvgIpc) is 2.09. The Morgan fingerprint density at radius 3 is 2.14 bits per heavy atom. The van der Waals surface area contributed by atoms with Gasteiger partial charge in [-0.05, 0) is 25.2 Å². The lowest BCUT2D eigenvalue weighted by Gasteiger charge is -2.23. The van der Waals surface area contributed by atoms with Gasteiger partial charge in [0, 0.05) is 19.1 Å². The van der Waals surface area contributed by atoms with Crippen molar-refractivity contribution in [3.05, 3.63) is 0 Å². The van der Waals surface area contributed by atoms with Crippen molar-refractivity contribution < 1.29 is 9.47 Å². The normalized spacial score (nSPS) is 15.9. The van der Waals surface area contributed by atoms with Crippen LogP contribution in [0.1, 0.15) is 27.2 Å². The van der Waals surface area contributed by atoms with E-state index in [0.29, 0.717) is 25.0 Å². The second-order valence-corrected chi connectivity index (χ2v) is 4.67. The van der Waals surface area contributed by atoms with Crippen LogP contribution in [-0.4, -0.2) is 32.3 Å². The van der Waals surface area contributed by atoms with Crippen LogP contribution in [0.2, 0.25) is 0 Å². The molecule has 3 heteroatoms. The fraction of sp³-hybridized carbons (Fsp3) is 1.00. The van der Waals surface area contributed by atoms with Crippen molar-refractivity contribution in [3.63, 3.8) is 0 Å². The highest BCUT2D eigenvalue weighted by atomic mass is 35.5. The molecule has 0 aromatic heterocycles. The number of methoxy groups -OCH3 is 1. The summed E-state index contributed by atoms with van der Waals surface area (Å²) >= 11 is 6.10. The van der Waals surface area contributed by atoms with Crippen LogP contribution in [0, 0.1) is 11.8 Å². The summed E-state index contributed by atoms with van der Waals surface area (Å²) in [4.78, 5) is 0. The van der Waals surface area contributed by atoms with E-state index in [1.165, 1.54) is 0 Å². The van der Waals surface area contributed by atoms with Crippen LogP contribution in [0.25, 0.3) is 0 Å². The van der Waals surface area contributed by atoms with E-state index < -0.39 is 0 Å². The molecule has 0 heterocycles. The van der Waals surface area contributed by atoms with Gasteiger partial charge in [0.25, 0.3) is 0 Å². The fourth-order valence-electron chi connectivity index (χ4n) is 1.56. The van der Waals surface area contributed by atoms with E-state index in [9.17, 15) is 0 Å². The largest absolute Gasteiger partial charge is 0.382 e. The smallest absolute Gasteiger partial charge is 0.0700 e. The summed E-state index contributed by atoms with van der Waals surface area (Å²) in [6.07, 6.45) is 1.03. The molecule has 2 atom stereocenters. The number of hydrogen-bond acceptors (Lipinski definition) is 2. The minimum Gasteiger partial charge on any atom is -0.382 e. The zero-order chi connectivity index (χ0) is 11.0. The van der Waals surface area contributed by atoms with Crippen molar-refractivity contribution >= 4 is 11.6 Å². The minimum atomic E-state index is 0.223. The molecule has 2 nitrogen and oxygen atoms in total.